The highest BCUT2D eigenvalue weighted by Crippen LogP contribution is 2.08. The highest BCUT2D eigenvalue weighted by atomic mass is 32.1. The second-order valence-corrected chi connectivity index (χ2v) is 4.25. The van der Waals surface area contributed by atoms with Crippen LogP contribution in [-0.2, 0) is 0 Å². The Hall–Kier alpha value is -1.20. The number of benzene rings is 1. The molecule has 5 heteroatoms. The Labute approximate surface area is 108 Å². The molecule has 1 rings (SSSR count). The standard InChI is InChI=1S/C12H19N3OS/c13-9-5-2-6-10-15(17)12(16)14-11-7-3-1-4-8-11/h1,3-4,7-8,17H,2,5-6,9-10,13H2,(H,14,16). The van der Waals surface area contributed by atoms with Crippen LogP contribution >= 0.6 is 12.8 Å². The van der Waals surface area contributed by atoms with Crippen LogP contribution in [0.2, 0.25) is 0 Å². The lowest BCUT2D eigenvalue weighted by molar-refractivity contribution is 0.238. The van der Waals surface area contributed by atoms with E-state index in [9.17, 15) is 4.79 Å². The molecule has 0 fully saturated rings. The predicted molar refractivity (Wildman–Crippen MR) is 74.1 cm³/mol. The van der Waals surface area contributed by atoms with Gasteiger partial charge in [0.05, 0.1) is 0 Å². The molecule has 1 aromatic rings. The molecular formula is C12H19N3OS. The molecule has 0 saturated heterocycles. The maximum Gasteiger partial charge on any atom is 0.331 e. The lowest BCUT2D eigenvalue weighted by atomic mass is 10.2. The molecule has 0 spiro atoms. The van der Waals surface area contributed by atoms with Gasteiger partial charge in [-0.2, -0.15) is 0 Å². The van der Waals surface area contributed by atoms with Crippen LogP contribution in [0.1, 0.15) is 19.3 Å². The lowest BCUT2D eigenvalue weighted by Crippen LogP contribution is -2.28. The van der Waals surface area contributed by atoms with Gasteiger partial charge in [0.2, 0.25) is 0 Å². The Kier molecular flexibility index (Phi) is 6.50. The van der Waals surface area contributed by atoms with Gasteiger partial charge in [-0.05, 0) is 31.5 Å². The van der Waals surface area contributed by atoms with E-state index in [1.807, 2.05) is 30.3 Å². The van der Waals surface area contributed by atoms with Crippen molar-refractivity contribution in [2.45, 2.75) is 19.3 Å². The number of nitrogens with one attached hydrogen (secondary N) is 1. The highest BCUT2D eigenvalue weighted by Gasteiger charge is 2.08. The third kappa shape index (κ3) is 5.60. The molecule has 0 saturated carbocycles. The number of unbranched alkanes of at least 4 members (excludes halogenated alkanes) is 2. The molecule has 3 N–H and O–H groups in total. The highest BCUT2D eigenvalue weighted by molar-refractivity contribution is 7.78. The van der Waals surface area contributed by atoms with Gasteiger partial charge in [-0.1, -0.05) is 37.4 Å². The molecular weight excluding hydrogens is 234 g/mol. The number of para-hydroxylation sites is 1. The SMILES string of the molecule is NCCCCCN(S)C(=O)Nc1ccccc1. The Balaban J connectivity index is 2.27. The summed E-state index contributed by atoms with van der Waals surface area (Å²) in [5, 5.41) is 2.77. The van der Waals surface area contributed by atoms with Gasteiger partial charge in [0.25, 0.3) is 0 Å². The van der Waals surface area contributed by atoms with Gasteiger partial charge in [-0.25, -0.2) is 4.79 Å². The second-order valence-electron chi connectivity index (χ2n) is 3.77. The van der Waals surface area contributed by atoms with Crippen LogP contribution in [0, 0.1) is 0 Å². The molecule has 0 heterocycles. The summed E-state index contributed by atoms with van der Waals surface area (Å²) in [6.07, 6.45) is 2.93. The summed E-state index contributed by atoms with van der Waals surface area (Å²) in [6, 6.07) is 9.13. The second kappa shape index (κ2) is 7.97. The molecule has 0 aromatic heterocycles. The summed E-state index contributed by atoms with van der Waals surface area (Å²) >= 11 is 4.15. The van der Waals surface area contributed by atoms with Crippen molar-refractivity contribution in [2.24, 2.45) is 5.73 Å². The quantitative estimate of drug-likeness (QED) is 0.539. The van der Waals surface area contributed by atoms with Crippen molar-refractivity contribution in [2.75, 3.05) is 18.4 Å². The Morgan fingerprint density at radius 3 is 2.59 bits per heavy atom. The minimum absolute atomic E-state index is 0.202. The van der Waals surface area contributed by atoms with Crippen LogP contribution < -0.4 is 11.1 Å². The van der Waals surface area contributed by atoms with Gasteiger partial charge in [-0.15, -0.1) is 0 Å². The smallest absolute Gasteiger partial charge is 0.330 e. The first kappa shape index (κ1) is 13.9. The van der Waals surface area contributed by atoms with Crippen molar-refractivity contribution in [3.63, 3.8) is 0 Å². The molecule has 0 radical (unpaired) electrons. The third-order valence-corrected chi connectivity index (χ3v) is 2.72. The van der Waals surface area contributed by atoms with Crippen molar-refractivity contribution in [1.82, 2.24) is 4.31 Å². The topological polar surface area (TPSA) is 58.4 Å². The van der Waals surface area contributed by atoms with Gasteiger partial charge in [-0.3, -0.25) is 4.31 Å². The van der Waals surface area contributed by atoms with E-state index in [0.29, 0.717) is 13.1 Å². The zero-order chi connectivity index (χ0) is 12.5. The number of nitrogens with two attached hydrogens (primary N) is 1. The largest absolute Gasteiger partial charge is 0.331 e. The number of anilines is 1. The van der Waals surface area contributed by atoms with E-state index in [2.05, 4.69) is 18.1 Å². The number of rotatable bonds is 6. The maximum atomic E-state index is 11.7. The molecule has 4 nitrogen and oxygen atoms in total. The van der Waals surface area contributed by atoms with E-state index in [1.165, 1.54) is 4.31 Å². The van der Waals surface area contributed by atoms with E-state index in [4.69, 9.17) is 5.73 Å². The first-order valence-corrected chi connectivity index (χ1v) is 6.16. The van der Waals surface area contributed by atoms with Gasteiger partial charge in [0.1, 0.15) is 0 Å². The van der Waals surface area contributed by atoms with E-state index in [1.54, 1.807) is 0 Å². The predicted octanol–water partition coefficient (Wildman–Crippen LogP) is 2.49. The number of carbonyl (C=O) groups is 1. The minimum Gasteiger partial charge on any atom is -0.330 e. The summed E-state index contributed by atoms with van der Waals surface area (Å²) in [7, 11) is 0. The van der Waals surface area contributed by atoms with Crippen molar-refractivity contribution < 1.29 is 4.79 Å². The summed E-state index contributed by atoms with van der Waals surface area (Å²) in [6.45, 7) is 1.32. The number of amides is 2. The third-order valence-electron chi connectivity index (χ3n) is 2.33. The average molecular weight is 253 g/mol. The number of urea groups is 1. The van der Waals surface area contributed by atoms with Gasteiger partial charge >= 0.3 is 6.03 Å². The van der Waals surface area contributed by atoms with Crippen LogP contribution in [0.4, 0.5) is 10.5 Å². The fourth-order valence-electron chi connectivity index (χ4n) is 1.39. The molecule has 0 bridgehead atoms. The summed E-state index contributed by atoms with van der Waals surface area (Å²) in [4.78, 5) is 11.7. The van der Waals surface area contributed by atoms with Gasteiger partial charge < -0.3 is 11.1 Å². The molecule has 0 aliphatic carbocycles. The summed E-state index contributed by atoms with van der Waals surface area (Å²) < 4.78 is 1.39. The number of hydrogen-bond acceptors (Lipinski definition) is 3. The van der Waals surface area contributed by atoms with Crippen LogP contribution in [0.15, 0.2) is 30.3 Å². The maximum absolute atomic E-state index is 11.7. The lowest BCUT2D eigenvalue weighted by Gasteiger charge is -2.16. The van der Waals surface area contributed by atoms with E-state index >= 15 is 0 Å². The van der Waals surface area contributed by atoms with Crippen LogP contribution in [0.25, 0.3) is 0 Å². The van der Waals surface area contributed by atoms with Crippen LogP contribution in [-0.4, -0.2) is 23.4 Å². The Morgan fingerprint density at radius 2 is 1.94 bits per heavy atom. The number of hydrogen-bond donors (Lipinski definition) is 3. The molecule has 0 atom stereocenters. The van der Waals surface area contributed by atoms with Gasteiger partial charge in [0, 0.05) is 12.2 Å². The minimum atomic E-state index is -0.202. The number of thiol groups is 1. The van der Waals surface area contributed by atoms with E-state index < -0.39 is 0 Å². The van der Waals surface area contributed by atoms with E-state index in [0.717, 1.165) is 24.9 Å². The number of carbonyl (C=O) groups excluding carboxylic acids is 1. The molecule has 0 unspecified atom stereocenters. The molecule has 0 aliphatic heterocycles. The first-order chi connectivity index (χ1) is 8.24. The van der Waals surface area contributed by atoms with Crippen LogP contribution in [0.5, 0.6) is 0 Å². The molecule has 2 amide bonds. The summed E-state index contributed by atoms with van der Waals surface area (Å²) in [5.74, 6) is 0. The first-order valence-electron chi connectivity index (χ1n) is 5.76. The normalized spacial score (nSPS) is 10.0. The monoisotopic (exact) mass is 253 g/mol. The zero-order valence-electron chi connectivity index (χ0n) is 9.80. The zero-order valence-corrected chi connectivity index (χ0v) is 10.7. The number of nitrogens with zero attached hydrogens (tertiary/aromatic N) is 1. The summed E-state index contributed by atoms with van der Waals surface area (Å²) in [5.41, 5.74) is 6.17. The van der Waals surface area contributed by atoms with Crippen molar-refractivity contribution >= 4 is 24.5 Å². The molecule has 94 valence electrons. The van der Waals surface area contributed by atoms with Crippen molar-refractivity contribution in [3.05, 3.63) is 30.3 Å². The fourth-order valence-corrected chi connectivity index (χ4v) is 1.59. The fraction of sp³-hybridized carbons (Fsp3) is 0.417. The average Bonchev–Trinajstić information content (AvgIpc) is 2.35. The van der Waals surface area contributed by atoms with Gasteiger partial charge in [0.15, 0.2) is 0 Å². The van der Waals surface area contributed by atoms with Crippen LogP contribution in [0.3, 0.4) is 0 Å². The molecule has 1 aromatic carbocycles. The molecule has 17 heavy (non-hydrogen) atoms. The van der Waals surface area contributed by atoms with Crippen molar-refractivity contribution in [3.8, 4) is 0 Å². The Bertz CT molecular complexity index is 332. The van der Waals surface area contributed by atoms with Crippen molar-refractivity contribution in [1.29, 1.82) is 0 Å². The molecule has 0 aliphatic rings. The van der Waals surface area contributed by atoms with E-state index in [-0.39, 0.29) is 6.03 Å². The Morgan fingerprint density at radius 1 is 1.24 bits per heavy atom.